The molecule has 0 saturated carbocycles. The molecule has 1 aliphatic rings. The summed E-state index contributed by atoms with van der Waals surface area (Å²) >= 11 is 0. The third kappa shape index (κ3) is 5.90. The van der Waals surface area contributed by atoms with Crippen LogP contribution in [0.4, 0.5) is 4.79 Å². The highest BCUT2D eigenvalue weighted by Crippen LogP contribution is 2.29. The van der Waals surface area contributed by atoms with Crippen LogP contribution in [-0.4, -0.2) is 42.4 Å². The van der Waals surface area contributed by atoms with Crippen LogP contribution in [0.3, 0.4) is 0 Å². The maximum atomic E-state index is 12.6. The van der Waals surface area contributed by atoms with Crippen molar-refractivity contribution in [2.24, 2.45) is 5.92 Å². The molecule has 0 aromatic carbocycles. The van der Waals surface area contributed by atoms with Crippen LogP contribution in [-0.2, 0) is 14.3 Å². The second kappa shape index (κ2) is 8.67. The van der Waals surface area contributed by atoms with Crippen LogP contribution in [0.5, 0.6) is 0 Å². The van der Waals surface area contributed by atoms with Gasteiger partial charge in [-0.05, 0) is 26.3 Å². The lowest BCUT2D eigenvalue weighted by atomic mass is 9.92. The van der Waals surface area contributed by atoms with E-state index in [4.69, 9.17) is 9.47 Å². The predicted octanol–water partition coefficient (Wildman–Crippen LogP) is 2.49. The lowest BCUT2D eigenvalue weighted by Gasteiger charge is -2.26. The molecule has 2 N–H and O–H groups in total. The molecule has 2 amide bonds. The fourth-order valence-electron chi connectivity index (χ4n) is 2.48. The minimum Gasteiger partial charge on any atom is -0.444 e. The van der Waals surface area contributed by atoms with Gasteiger partial charge in [0.15, 0.2) is 0 Å². The van der Waals surface area contributed by atoms with Crippen LogP contribution >= 0.6 is 0 Å². The molecule has 1 saturated heterocycles. The number of amides is 2. The molecule has 1 fully saturated rings. The number of hydrogen-bond acceptors (Lipinski definition) is 4. The maximum absolute atomic E-state index is 12.6. The number of nitrogens with one attached hydrogen (secondary N) is 2. The van der Waals surface area contributed by atoms with E-state index in [-0.39, 0.29) is 12.5 Å². The van der Waals surface area contributed by atoms with Gasteiger partial charge in [-0.2, -0.15) is 0 Å². The summed E-state index contributed by atoms with van der Waals surface area (Å²) in [6.45, 7) is 20.3. The third-order valence-corrected chi connectivity index (χ3v) is 3.64. The summed E-state index contributed by atoms with van der Waals surface area (Å²) < 4.78 is 11.0. The van der Waals surface area contributed by atoms with Crippen molar-refractivity contribution in [2.45, 2.75) is 44.6 Å². The topological polar surface area (TPSA) is 76.7 Å². The van der Waals surface area contributed by atoms with Gasteiger partial charge < -0.3 is 20.1 Å². The zero-order valence-electron chi connectivity index (χ0n) is 15.2. The van der Waals surface area contributed by atoms with E-state index >= 15 is 0 Å². The monoisotopic (exact) mass is 348 g/mol. The van der Waals surface area contributed by atoms with E-state index < -0.39 is 35.9 Å². The van der Waals surface area contributed by atoms with Gasteiger partial charge >= 0.3 is 6.09 Å². The standard InChI is InChI=1S/C19H28N2O4/c1-8-12(4)11-20-17(22)15-13(9-2)24-14(10-3)16(15)21-18(23)25-19(5,6)7/h8-10,13-16H,1-4,11H2,5-7H3,(H,20,22)(H,21,23)/t13-,14+,15-,16+/m1/s1. The van der Waals surface area contributed by atoms with E-state index in [2.05, 4.69) is 36.9 Å². The highest BCUT2D eigenvalue weighted by atomic mass is 16.6. The van der Waals surface area contributed by atoms with Crippen LogP contribution in [0.1, 0.15) is 20.8 Å². The summed E-state index contributed by atoms with van der Waals surface area (Å²) in [7, 11) is 0. The summed E-state index contributed by atoms with van der Waals surface area (Å²) in [5.41, 5.74) is 0.0316. The van der Waals surface area contributed by atoms with Crippen molar-refractivity contribution < 1.29 is 19.1 Å². The van der Waals surface area contributed by atoms with Gasteiger partial charge in [-0.3, -0.25) is 4.79 Å². The Kier molecular flexibility index (Phi) is 7.18. The van der Waals surface area contributed by atoms with Gasteiger partial charge in [0.05, 0.1) is 24.2 Å². The quantitative estimate of drug-likeness (QED) is 0.547. The van der Waals surface area contributed by atoms with Gasteiger partial charge in [-0.15, -0.1) is 13.2 Å². The molecule has 0 radical (unpaired) electrons. The highest BCUT2D eigenvalue weighted by molar-refractivity contribution is 5.82. The minimum absolute atomic E-state index is 0.264. The Balaban J connectivity index is 2.93. The molecule has 6 heteroatoms. The molecule has 4 atom stereocenters. The van der Waals surface area contributed by atoms with Crippen molar-refractivity contribution in [1.82, 2.24) is 10.6 Å². The van der Waals surface area contributed by atoms with Crippen molar-refractivity contribution >= 4 is 12.0 Å². The number of ether oxygens (including phenoxy) is 2. The van der Waals surface area contributed by atoms with Crippen LogP contribution in [0, 0.1) is 5.92 Å². The first-order chi connectivity index (χ1) is 11.6. The van der Waals surface area contributed by atoms with E-state index in [9.17, 15) is 9.59 Å². The maximum Gasteiger partial charge on any atom is 0.407 e. The number of carbonyl (C=O) groups excluding carboxylic acids is 2. The van der Waals surface area contributed by atoms with Gasteiger partial charge in [0.2, 0.25) is 5.91 Å². The molecule has 6 nitrogen and oxygen atoms in total. The molecular formula is C19H28N2O4. The summed E-state index contributed by atoms with van der Waals surface area (Å²) in [5, 5.41) is 5.50. The lowest BCUT2D eigenvalue weighted by molar-refractivity contribution is -0.126. The molecular weight excluding hydrogens is 320 g/mol. The van der Waals surface area contributed by atoms with Crippen LogP contribution in [0.25, 0.3) is 0 Å². The Morgan fingerprint density at radius 3 is 2.24 bits per heavy atom. The third-order valence-electron chi connectivity index (χ3n) is 3.64. The molecule has 1 aliphatic heterocycles. The molecule has 0 bridgehead atoms. The van der Waals surface area contributed by atoms with E-state index in [0.29, 0.717) is 5.57 Å². The van der Waals surface area contributed by atoms with E-state index in [1.165, 1.54) is 0 Å². The van der Waals surface area contributed by atoms with Gasteiger partial charge in [0.1, 0.15) is 5.60 Å². The van der Waals surface area contributed by atoms with E-state index in [0.717, 1.165) is 0 Å². The number of rotatable bonds is 7. The average Bonchev–Trinajstić information content (AvgIpc) is 2.87. The summed E-state index contributed by atoms with van der Waals surface area (Å²) in [6.07, 6.45) is 2.95. The Morgan fingerprint density at radius 2 is 1.76 bits per heavy atom. The van der Waals surface area contributed by atoms with Crippen LogP contribution in [0.15, 0.2) is 50.1 Å². The summed E-state index contributed by atoms with van der Waals surface area (Å²) in [6, 6.07) is -0.618. The average molecular weight is 348 g/mol. The fourth-order valence-corrected chi connectivity index (χ4v) is 2.48. The molecule has 1 heterocycles. The van der Waals surface area contributed by atoms with Gasteiger partial charge in [-0.25, -0.2) is 4.79 Å². The molecule has 1 rings (SSSR count). The smallest absolute Gasteiger partial charge is 0.407 e. The SMILES string of the molecule is C=CC(=C)CNC(=O)[C@H]1[C@@H](NC(=O)OC(C)(C)C)[C@H](C=C)O[C@@H]1C=C. The first-order valence-electron chi connectivity index (χ1n) is 8.11. The largest absolute Gasteiger partial charge is 0.444 e. The molecule has 0 aliphatic carbocycles. The Morgan fingerprint density at radius 1 is 1.16 bits per heavy atom. The normalized spacial score (nSPS) is 25.6. The van der Waals surface area contributed by atoms with Crippen molar-refractivity contribution in [3.05, 3.63) is 50.1 Å². The zero-order chi connectivity index (χ0) is 19.2. The van der Waals surface area contributed by atoms with Crippen molar-refractivity contribution in [1.29, 1.82) is 0 Å². The second-order valence-electron chi connectivity index (χ2n) is 6.81. The van der Waals surface area contributed by atoms with Gasteiger partial charge in [0, 0.05) is 6.54 Å². The fraction of sp³-hybridized carbons (Fsp3) is 0.474. The van der Waals surface area contributed by atoms with Crippen LogP contribution < -0.4 is 10.6 Å². The Labute approximate surface area is 149 Å². The number of alkyl carbamates (subject to hydrolysis) is 1. The first kappa shape index (κ1) is 20.7. The van der Waals surface area contributed by atoms with Crippen LogP contribution in [0.2, 0.25) is 0 Å². The first-order valence-corrected chi connectivity index (χ1v) is 8.11. The van der Waals surface area contributed by atoms with Gasteiger partial charge in [-0.1, -0.05) is 31.4 Å². The second-order valence-corrected chi connectivity index (χ2v) is 6.81. The summed E-state index contributed by atoms with van der Waals surface area (Å²) in [4.78, 5) is 24.8. The number of hydrogen-bond donors (Lipinski definition) is 2. The molecule has 0 aromatic rings. The minimum atomic E-state index is -0.661. The molecule has 0 spiro atoms. The highest BCUT2D eigenvalue weighted by Gasteiger charge is 2.47. The predicted molar refractivity (Wildman–Crippen MR) is 98.0 cm³/mol. The Bertz CT molecular complexity index is 562. The van der Waals surface area contributed by atoms with Crippen molar-refractivity contribution in [2.75, 3.05) is 6.54 Å². The zero-order valence-corrected chi connectivity index (χ0v) is 15.2. The van der Waals surface area contributed by atoms with Crippen molar-refractivity contribution in [3.63, 3.8) is 0 Å². The molecule has 25 heavy (non-hydrogen) atoms. The molecule has 138 valence electrons. The molecule has 0 unspecified atom stereocenters. The van der Waals surface area contributed by atoms with E-state index in [1.54, 1.807) is 39.0 Å². The summed E-state index contributed by atoms with van der Waals surface area (Å²) in [5.74, 6) is -0.941. The molecule has 0 aromatic heterocycles. The van der Waals surface area contributed by atoms with E-state index in [1.807, 2.05) is 0 Å². The Hall–Kier alpha value is -2.34. The lowest BCUT2D eigenvalue weighted by Crippen LogP contribution is -2.51. The van der Waals surface area contributed by atoms with Gasteiger partial charge in [0.25, 0.3) is 0 Å². The number of carbonyl (C=O) groups is 2. The van der Waals surface area contributed by atoms with Crippen molar-refractivity contribution in [3.8, 4) is 0 Å².